The van der Waals surface area contributed by atoms with Crippen LogP contribution in [0.25, 0.3) is 0 Å². The van der Waals surface area contributed by atoms with Crippen LogP contribution in [0, 0.1) is 34.0 Å². The first-order chi connectivity index (χ1) is 9.81. The molecule has 4 aliphatic rings. The van der Waals surface area contributed by atoms with E-state index in [1.165, 1.54) is 56.9 Å². The van der Waals surface area contributed by atoms with Gasteiger partial charge >= 0.3 is 0 Å². The molecule has 0 aromatic rings. The molecule has 6 atom stereocenters. The molecule has 4 rings (SSSR count). The first-order valence-corrected chi connectivity index (χ1v) is 9.18. The van der Waals surface area contributed by atoms with Crippen molar-refractivity contribution in [3.63, 3.8) is 0 Å². The van der Waals surface area contributed by atoms with Crippen molar-refractivity contribution in [2.24, 2.45) is 34.0 Å². The smallest absolute Gasteiger partial charge is 0.0809 e. The van der Waals surface area contributed by atoms with Gasteiger partial charge in [0.05, 0.1) is 6.10 Å². The molecule has 4 aliphatic carbocycles. The molecule has 118 valence electrons. The van der Waals surface area contributed by atoms with Crippen molar-refractivity contribution in [2.75, 3.05) is 0 Å². The highest BCUT2D eigenvalue weighted by Gasteiger charge is 2.65. The van der Waals surface area contributed by atoms with Gasteiger partial charge in [-0.2, -0.15) is 0 Å². The molecule has 4 saturated carbocycles. The highest BCUT2D eigenvalue weighted by atomic mass is 16.3. The van der Waals surface area contributed by atoms with Gasteiger partial charge in [-0.3, -0.25) is 0 Å². The summed E-state index contributed by atoms with van der Waals surface area (Å²) >= 11 is 0. The Labute approximate surface area is 130 Å². The van der Waals surface area contributed by atoms with Crippen LogP contribution in [0.4, 0.5) is 0 Å². The van der Waals surface area contributed by atoms with E-state index in [1.807, 2.05) is 0 Å². The normalized spacial score (nSPS) is 55.0. The summed E-state index contributed by atoms with van der Waals surface area (Å²) in [4.78, 5) is 0. The first-order valence-electron chi connectivity index (χ1n) is 9.18. The summed E-state index contributed by atoms with van der Waals surface area (Å²) in [7, 11) is 0. The number of hydrogen-bond acceptors (Lipinski definition) is 1. The molecule has 0 unspecified atom stereocenters. The molecule has 1 nitrogen and oxygen atoms in total. The standard InChI is InChI=1S/C20H32O/c1-13-14-6-7-16-19(4)10-5-9-18(2,3)15(19)8-11-20(16,12-14)17(13)21/h14-17,21H,1,5-12H2,2-4H3/t14-,15+,16+,17-,19-,20-/m1/s1. The van der Waals surface area contributed by atoms with Crippen LogP contribution in [0.3, 0.4) is 0 Å². The van der Waals surface area contributed by atoms with Gasteiger partial charge in [-0.05, 0) is 79.1 Å². The number of rotatable bonds is 0. The van der Waals surface area contributed by atoms with Gasteiger partial charge < -0.3 is 5.11 Å². The lowest BCUT2D eigenvalue weighted by molar-refractivity contribution is -0.167. The number of aliphatic hydroxyl groups excluding tert-OH is 1. The lowest BCUT2D eigenvalue weighted by Gasteiger charge is -2.64. The Hall–Kier alpha value is -0.300. The molecule has 2 bridgehead atoms. The minimum Gasteiger partial charge on any atom is -0.388 e. The number of fused-ring (bicyclic) bond motifs is 3. The second-order valence-electron chi connectivity index (χ2n) is 9.68. The van der Waals surface area contributed by atoms with Gasteiger partial charge in [0.15, 0.2) is 0 Å². The summed E-state index contributed by atoms with van der Waals surface area (Å²) < 4.78 is 0. The Bertz CT molecular complexity index is 478. The van der Waals surface area contributed by atoms with Crippen molar-refractivity contribution in [3.05, 3.63) is 12.2 Å². The van der Waals surface area contributed by atoms with Crippen LogP contribution in [-0.2, 0) is 0 Å². The molecular weight excluding hydrogens is 256 g/mol. The Morgan fingerprint density at radius 3 is 2.52 bits per heavy atom. The Morgan fingerprint density at radius 1 is 1.00 bits per heavy atom. The minimum absolute atomic E-state index is 0.193. The summed E-state index contributed by atoms with van der Waals surface area (Å²) in [6.45, 7) is 11.9. The van der Waals surface area contributed by atoms with Crippen molar-refractivity contribution < 1.29 is 5.11 Å². The van der Waals surface area contributed by atoms with Gasteiger partial charge in [0, 0.05) is 5.41 Å². The summed E-state index contributed by atoms with van der Waals surface area (Å²) in [5.41, 5.74) is 2.32. The minimum atomic E-state index is -0.210. The topological polar surface area (TPSA) is 20.2 Å². The van der Waals surface area contributed by atoms with Crippen molar-refractivity contribution in [1.82, 2.24) is 0 Å². The molecule has 0 heterocycles. The highest BCUT2D eigenvalue weighted by molar-refractivity contribution is 5.27. The van der Waals surface area contributed by atoms with Crippen LogP contribution in [0.1, 0.15) is 72.1 Å². The van der Waals surface area contributed by atoms with Crippen molar-refractivity contribution in [1.29, 1.82) is 0 Å². The molecule has 0 radical (unpaired) electrons. The summed E-state index contributed by atoms with van der Waals surface area (Å²) in [6, 6.07) is 0. The van der Waals surface area contributed by atoms with E-state index in [1.54, 1.807) is 0 Å². The zero-order chi connectivity index (χ0) is 15.0. The molecule has 1 spiro atoms. The molecule has 0 aliphatic heterocycles. The SMILES string of the molecule is C=C1[C@@H]2CC[C@H]3[C@]4(C)CCCC(C)(C)[C@@H]4CC[C@]3(C2)[C@@H]1O. The predicted molar refractivity (Wildman–Crippen MR) is 86.9 cm³/mol. The second-order valence-corrected chi connectivity index (χ2v) is 9.68. The van der Waals surface area contributed by atoms with E-state index in [0.717, 1.165) is 11.8 Å². The van der Waals surface area contributed by atoms with Crippen molar-refractivity contribution >= 4 is 0 Å². The third kappa shape index (κ3) is 1.62. The molecule has 1 heteroatoms. The summed E-state index contributed by atoms with van der Waals surface area (Å²) in [5.74, 6) is 2.20. The largest absolute Gasteiger partial charge is 0.388 e. The molecule has 0 saturated heterocycles. The third-order valence-corrected chi connectivity index (χ3v) is 8.51. The molecular formula is C20H32O. The predicted octanol–water partition coefficient (Wildman–Crippen LogP) is 4.95. The summed E-state index contributed by atoms with van der Waals surface area (Å²) in [5, 5.41) is 11.0. The quantitative estimate of drug-likeness (QED) is 0.626. The lowest BCUT2D eigenvalue weighted by atomic mass is 9.41. The highest BCUT2D eigenvalue weighted by Crippen LogP contribution is 2.71. The molecule has 21 heavy (non-hydrogen) atoms. The van der Waals surface area contributed by atoms with Crippen molar-refractivity contribution in [3.8, 4) is 0 Å². The number of aliphatic hydroxyl groups is 1. The van der Waals surface area contributed by atoms with E-state index < -0.39 is 0 Å². The average Bonchev–Trinajstić information content (AvgIpc) is 2.59. The fraction of sp³-hybridized carbons (Fsp3) is 0.900. The van der Waals surface area contributed by atoms with Gasteiger partial charge in [0.2, 0.25) is 0 Å². The molecule has 1 N–H and O–H groups in total. The first kappa shape index (κ1) is 14.3. The van der Waals surface area contributed by atoms with Gasteiger partial charge in [0.25, 0.3) is 0 Å². The van der Waals surface area contributed by atoms with Crippen LogP contribution in [0.15, 0.2) is 12.2 Å². The van der Waals surface area contributed by atoms with E-state index in [9.17, 15) is 5.11 Å². The zero-order valence-corrected chi connectivity index (χ0v) is 14.1. The molecule has 0 amide bonds. The maximum Gasteiger partial charge on any atom is 0.0809 e. The average molecular weight is 288 g/mol. The van der Waals surface area contributed by atoms with Crippen LogP contribution < -0.4 is 0 Å². The maximum atomic E-state index is 11.0. The van der Waals surface area contributed by atoms with Gasteiger partial charge in [-0.25, -0.2) is 0 Å². The third-order valence-electron chi connectivity index (χ3n) is 8.51. The fourth-order valence-corrected chi connectivity index (χ4v) is 7.69. The van der Waals surface area contributed by atoms with E-state index in [2.05, 4.69) is 27.4 Å². The van der Waals surface area contributed by atoms with Crippen LogP contribution in [0.2, 0.25) is 0 Å². The molecule has 0 aromatic heterocycles. The van der Waals surface area contributed by atoms with Crippen LogP contribution >= 0.6 is 0 Å². The van der Waals surface area contributed by atoms with Gasteiger partial charge in [-0.1, -0.05) is 33.8 Å². The van der Waals surface area contributed by atoms with Crippen LogP contribution in [-0.4, -0.2) is 11.2 Å². The van der Waals surface area contributed by atoms with E-state index in [4.69, 9.17) is 0 Å². The maximum absolute atomic E-state index is 11.0. The van der Waals surface area contributed by atoms with E-state index in [0.29, 0.717) is 16.7 Å². The van der Waals surface area contributed by atoms with Gasteiger partial charge in [-0.15, -0.1) is 0 Å². The zero-order valence-electron chi connectivity index (χ0n) is 14.1. The Balaban J connectivity index is 1.77. The fourth-order valence-electron chi connectivity index (χ4n) is 7.69. The van der Waals surface area contributed by atoms with E-state index >= 15 is 0 Å². The Morgan fingerprint density at radius 2 is 1.76 bits per heavy atom. The molecule has 0 aromatic carbocycles. The van der Waals surface area contributed by atoms with Gasteiger partial charge in [0.1, 0.15) is 0 Å². The van der Waals surface area contributed by atoms with E-state index in [-0.39, 0.29) is 11.5 Å². The number of hydrogen-bond donors (Lipinski definition) is 1. The summed E-state index contributed by atoms with van der Waals surface area (Å²) in [6.07, 6.45) is 10.4. The molecule has 4 fully saturated rings. The van der Waals surface area contributed by atoms with Crippen molar-refractivity contribution in [2.45, 2.75) is 78.2 Å². The Kier molecular flexibility index (Phi) is 2.83. The monoisotopic (exact) mass is 288 g/mol. The lowest BCUT2D eigenvalue weighted by Crippen LogP contribution is -2.58. The van der Waals surface area contributed by atoms with Crippen LogP contribution in [0.5, 0.6) is 0 Å². The second kappa shape index (κ2) is 4.16.